The maximum absolute atomic E-state index is 5.59. The average Bonchev–Trinajstić information content (AvgIpc) is 3.03. The first-order chi connectivity index (χ1) is 7.39. The minimum Gasteiger partial charge on any atom is -0.378 e. The van der Waals surface area contributed by atoms with Crippen LogP contribution in [0.15, 0.2) is 30.3 Å². The summed E-state index contributed by atoms with van der Waals surface area (Å²) in [6.45, 7) is 1.46. The lowest BCUT2D eigenvalue weighted by Gasteiger charge is -2.11. The van der Waals surface area contributed by atoms with Crippen LogP contribution in [-0.4, -0.2) is 24.9 Å². The minimum atomic E-state index is -0.186. The van der Waals surface area contributed by atoms with Gasteiger partial charge in [-0.1, -0.05) is 30.0 Å². The molecule has 2 saturated heterocycles. The van der Waals surface area contributed by atoms with Crippen LogP contribution in [-0.2, 0) is 9.47 Å². The molecular weight excluding hydrogens is 188 g/mol. The van der Waals surface area contributed by atoms with E-state index >= 15 is 0 Å². The number of hydrogen-bond acceptors (Lipinski definition) is 2. The smallest absolute Gasteiger partial charge is 0.160 e. The number of benzene rings is 1. The highest BCUT2D eigenvalue weighted by Gasteiger charge is 2.57. The summed E-state index contributed by atoms with van der Waals surface area (Å²) in [6, 6.07) is 10.0. The van der Waals surface area contributed by atoms with Crippen molar-refractivity contribution in [3.8, 4) is 11.8 Å². The van der Waals surface area contributed by atoms with E-state index in [4.69, 9.17) is 9.47 Å². The standard InChI is InChI=1S/C13H12O2/c1-2-4-11(5-3-1)6-7-13-8-9-14-10-12(13)15-13/h1-5,12H,8-10H2/t12-,13-/m0/s1. The van der Waals surface area contributed by atoms with Gasteiger partial charge in [-0.3, -0.25) is 0 Å². The number of rotatable bonds is 0. The Morgan fingerprint density at radius 2 is 2.13 bits per heavy atom. The summed E-state index contributed by atoms with van der Waals surface area (Å²) in [7, 11) is 0. The van der Waals surface area contributed by atoms with Crippen LogP contribution in [0.2, 0.25) is 0 Å². The van der Waals surface area contributed by atoms with Gasteiger partial charge in [-0.15, -0.1) is 0 Å². The monoisotopic (exact) mass is 200 g/mol. The van der Waals surface area contributed by atoms with Crippen LogP contribution in [0.4, 0.5) is 0 Å². The van der Waals surface area contributed by atoms with Gasteiger partial charge in [-0.2, -0.15) is 0 Å². The molecule has 0 saturated carbocycles. The van der Waals surface area contributed by atoms with Crippen molar-refractivity contribution in [2.45, 2.75) is 18.1 Å². The predicted molar refractivity (Wildman–Crippen MR) is 56.4 cm³/mol. The highest BCUT2D eigenvalue weighted by molar-refractivity contribution is 5.39. The zero-order valence-electron chi connectivity index (χ0n) is 8.40. The van der Waals surface area contributed by atoms with E-state index in [9.17, 15) is 0 Å². The molecule has 3 rings (SSSR count). The summed E-state index contributed by atoms with van der Waals surface area (Å²) in [6.07, 6.45) is 1.11. The van der Waals surface area contributed by atoms with E-state index in [1.165, 1.54) is 0 Å². The minimum absolute atomic E-state index is 0.186. The second-order valence-electron chi connectivity index (χ2n) is 3.94. The van der Waals surface area contributed by atoms with Crippen molar-refractivity contribution in [2.75, 3.05) is 13.2 Å². The van der Waals surface area contributed by atoms with E-state index in [2.05, 4.69) is 11.8 Å². The molecule has 15 heavy (non-hydrogen) atoms. The maximum atomic E-state index is 5.59. The molecular formula is C13H12O2. The van der Waals surface area contributed by atoms with Crippen LogP contribution in [0.5, 0.6) is 0 Å². The van der Waals surface area contributed by atoms with Crippen LogP contribution in [0.1, 0.15) is 12.0 Å². The molecule has 2 heteroatoms. The van der Waals surface area contributed by atoms with Gasteiger partial charge in [-0.25, -0.2) is 0 Å². The first-order valence-electron chi connectivity index (χ1n) is 5.23. The third-order valence-electron chi connectivity index (χ3n) is 2.89. The third-order valence-corrected chi connectivity index (χ3v) is 2.89. The Bertz CT molecular complexity index is 415. The Morgan fingerprint density at radius 1 is 1.27 bits per heavy atom. The first-order valence-corrected chi connectivity index (χ1v) is 5.23. The molecule has 2 aliphatic heterocycles. The van der Waals surface area contributed by atoms with Crippen molar-refractivity contribution in [3.05, 3.63) is 35.9 Å². The summed E-state index contributed by atoms with van der Waals surface area (Å²) in [5, 5.41) is 0. The number of ether oxygens (including phenoxy) is 2. The van der Waals surface area contributed by atoms with Crippen molar-refractivity contribution in [1.82, 2.24) is 0 Å². The fourth-order valence-electron chi connectivity index (χ4n) is 1.89. The van der Waals surface area contributed by atoms with Crippen molar-refractivity contribution < 1.29 is 9.47 Å². The van der Waals surface area contributed by atoms with Crippen LogP contribution in [0.3, 0.4) is 0 Å². The molecule has 1 aromatic carbocycles. The average molecular weight is 200 g/mol. The fourth-order valence-corrected chi connectivity index (χ4v) is 1.89. The largest absolute Gasteiger partial charge is 0.378 e. The third kappa shape index (κ3) is 1.65. The lowest BCUT2D eigenvalue weighted by atomic mass is 10.0. The molecule has 0 bridgehead atoms. The van der Waals surface area contributed by atoms with E-state index in [-0.39, 0.29) is 11.7 Å². The maximum Gasteiger partial charge on any atom is 0.160 e. The molecule has 0 N–H and O–H groups in total. The van der Waals surface area contributed by atoms with E-state index in [0.717, 1.165) is 18.6 Å². The van der Waals surface area contributed by atoms with Gasteiger partial charge in [0.1, 0.15) is 6.10 Å². The number of hydrogen-bond donors (Lipinski definition) is 0. The molecule has 0 radical (unpaired) electrons. The zero-order chi connectivity index (χ0) is 10.1. The lowest BCUT2D eigenvalue weighted by molar-refractivity contribution is 0.105. The van der Waals surface area contributed by atoms with Gasteiger partial charge < -0.3 is 9.47 Å². The van der Waals surface area contributed by atoms with Gasteiger partial charge in [-0.05, 0) is 12.1 Å². The van der Waals surface area contributed by atoms with Crippen molar-refractivity contribution in [3.63, 3.8) is 0 Å². The molecule has 2 fully saturated rings. The molecule has 2 nitrogen and oxygen atoms in total. The van der Waals surface area contributed by atoms with Gasteiger partial charge >= 0.3 is 0 Å². The Labute approximate surface area is 89.2 Å². The molecule has 0 amide bonds. The van der Waals surface area contributed by atoms with Gasteiger partial charge in [0.2, 0.25) is 0 Å². The molecule has 2 aliphatic rings. The van der Waals surface area contributed by atoms with Crippen molar-refractivity contribution in [2.24, 2.45) is 0 Å². The fraction of sp³-hybridized carbons (Fsp3) is 0.385. The molecule has 2 atom stereocenters. The molecule has 0 aromatic heterocycles. The Kier molecular flexibility index (Phi) is 2.02. The van der Waals surface area contributed by atoms with Crippen LogP contribution in [0, 0.1) is 11.8 Å². The second kappa shape index (κ2) is 3.37. The molecule has 0 spiro atoms. The Balaban J connectivity index is 1.79. The number of fused-ring (bicyclic) bond motifs is 1. The second-order valence-corrected chi connectivity index (χ2v) is 3.94. The Hall–Kier alpha value is -1.30. The Morgan fingerprint density at radius 3 is 2.93 bits per heavy atom. The van der Waals surface area contributed by atoms with Crippen LogP contribution < -0.4 is 0 Å². The van der Waals surface area contributed by atoms with E-state index in [0.29, 0.717) is 6.61 Å². The van der Waals surface area contributed by atoms with E-state index < -0.39 is 0 Å². The summed E-state index contributed by atoms with van der Waals surface area (Å²) in [5.41, 5.74) is 0.862. The highest BCUT2D eigenvalue weighted by atomic mass is 16.6. The quantitative estimate of drug-likeness (QED) is 0.468. The van der Waals surface area contributed by atoms with Crippen molar-refractivity contribution in [1.29, 1.82) is 0 Å². The predicted octanol–water partition coefficient (Wildman–Crippen LogP) is 1.60. The molecule has 2 heterocycles. The summed E-state index contributed by atoms with van der Waals surface area (Å²) in [4.78, 5) is 0. The topological polar surface area (TPSA) is 21.8 Å². The molecule has 76 valence electrons. The highest BCUT2D eigenvalue weighted by Crippen LogP contribution is 2.42. The van der Waals surface area contributed by atoms with Crippen LogP contribution >= 0.6 is 0 Å². The number of epoxide rings is 1. The molecule has 0 unspecified atom stereocenters. The van der Waals surface area contributed by atoms with E-state index in [1.807, 2.05) is 30.3 Å². The van der Waals surface area contributed by atoms with E-state index in [1.54, 1.807) is 0 Å². The van der Waals surface area contributed by atoms with Gasteiger partial charge in [0, 0.05) is 12.0 Å². The summed E-state index contributed by atoms with van der Waals surface area (Å²) >= 11 is 0. The normalized spacial score (nSPS) is 32.4. The molecule has 1 aromatic rings. The summed E-state index contributed by atoms with van der Waals surface area (Å²) in [5.74, 6) is 6.40. The van der Waals surface area contributed by atoms with Gasteiger partial charge in [0.15, 0.2) is 5.60 Å². The van der Waals surface area contributed by atoms with Crippen molar-refractivity contribution >= 4 is 0 Å². The SMILES string of the molecule is C(#C[C@]12CCOC[C@@H]1O2)c1ccccc1. The first kappa shape index (κ1) is 8.96. The van der Waals surface area contributed by atoms with Gasteiger partial charge in [0.25, 0.3) is 0 Å². The van der Waals surface area contributed by atoms with Crippen LogP contribution in [0.25, 0.3) is 0 Å². The lowest BCUT2D eigenvalue weighted by Crippen LogP contribution is -2.24. The van der Waals surface area contributed by atoms with Gasteiger partial charge in [0.05, 0.1) is 13.2 Å². The summed E-state index contributed by atoms with van der Waals surface area (Å²) < 4.78 is 10.9. The zero-order valence-corrected chi connectivity index (χ0v) is 8.40. The molecule has 0 aliphatic carbocycles.